The maximum absolute atomic E-state index is 13.4. The first kappa shape index (κ1) is 10.8. The van der Waals surface area contributed by atoms with Gasteiger partial charge in [-0.05, 0) is 18.2 Å². The Kier molecular flexibility index (Phi) is 2.49. The fourth-order valence-corrected chi connectivity index (χ4v) is 1.87. The predicted octanol–water partition coefficient (Wildman–Crippen LogP) is 0.659. The largest absolute Gasteiger partial charge is 0.241 e. The smallest absolute Gasteiger partial charge is 0.240 e. The molecule has 7 heteroatoms. The topological polar surface area (TPSA) is 78.0 Å². The molecular formula is C9H8FN3O2S. The first-order chi connectivity index (χ1) is 7.48. The maximum atomic E-state index is 13.4. The molecule has 0 fully saturated rings. The Labute approximate surface area is 91.4 Å². The van der Waals surface area contributed by atoms with E-state index in [2.05, 4.69) is 5.10 Å². The molecule has 0 saturated carbocycles. The van der Waals surface area contributed by atoms with Crippen LogP contribution in [0.1, 0.15) is 0 Å². The van der Waals surface area contributed by atoms with Crippen molar-refractivity contribution in [2.45, 2.75) is 4.90 Å². The lowest BCUT2D eigenvalue weighted by molar-refractivity contribution is 0.567. The van der Waals surface area contributed by atoms with E-state index in [0.717, 1.165) is 12.1 Å². The van der Waals surface area contributed by atoms with Gasteiger partial charge in [-0.25, -0.2) is 22.6 Å². The lowest BCUT2D eigenvalue weighted by atomic mass is 10.3. The molecule has 0 aliphatic heterocycles. The molecular weight excluding hydrogens is 233 g/mol. The highest BCUT2D eigenvalue weighted by molar-refractivity contribution is 7.89. The highest BCUT2D eigenvalue weighted by Crippen LogP contribution is 2.16. The fraction of sp³-hybridized carbons (Fsp3) is 0. The molecule has 0 spiro atoms. The van der Waals surface area contributed by atoms with E-state index in [0.29, 0.717) is 5.69 Å². The van der Waals surface area contributed by atoms with E-state index in [1.54, 1.807) is 12.3 Å². The number of hydrogen-bond donors (Lipinski definition) is 1. The molecule has 1 heterocycles. The van der Waals surface area contributed by atoms with E-state index in [-0.39, 0.29) is 0 Å². The second-order valence-electron chi connectivity index (χ2n) is 3.11. The molecule has 0 radical (unpaired) electrons. The molecule has 16 heavy (non-hydrogen) atoms. The molecule has 0 amide bonds. The van der Waals surface area contributed by atoms with Gasteiger partial charge in [0.15, 0.2) is 0 Å². The van der Waals surface area contributed by atoms with Crippen LogP contribution in [0, 0.1) is 5.82 Å². The van der Waals surface area contributed by atoms with Crippen LogP contribution in [-0.4, -0.2) is 18.2 Å². The van der Waals surface area contributed by atoms with Crippen molar-refractivity contribution in [3.8, 4) is 5.69 Å². The van der Waals surface area contributed by atoms with Crippen molar-refractivity contribution in [2.24, 2.45) is 5.14 Å². The second-order valence-corrected chi connectivity index (χ2v) is 4.64. The Hall–Kier alpha value is -1.73. The fourth-order valence-electron chi connectivity index (χ4n) is 1.28. The molecule has 5 nitrogen and oxygen atoms in total. The lowest BCUT2D eigenvalue weighted by Crippen LogP contribution is -2.14. The zero-order valence-electron chi connectivity index (χ0n) is 8.04. The number of rotatable bonds is 2. The van der Waals surface area contributed by atoms with Gasteiger partial charge < -0.3 is 0 Å². The predicted molar refractivity (Wildman–Crippen MR) is 54.9 cm³/mol. The standard InChI is InChI=1S/C9H8FN3O2S/c10-8-6-7(13-5-1-4-12-13)2-3-9(8)16(11,14)15/h1-6H,(H2,11,14,15). The highest BCUT2D eigenvalue weighted by atomic mass is 32.2. The first-order valence-electron chi connectivity index (χ1n) is 4.31. The van der Waals surface area contributed by atoms with Crippen molar-refractivity contribution in [2.75, 3.05) is 0 Å². The first-order valence-corrected chi connectivity index (χ1v) is 5.85. The van der Waals surface area contributed by atoms with Gasteiger partial charge in [0.1, 0.15) is 10.7 Å². The summed E-state index contributed by atoms with van der Waals surface area (Å²) in [6.07, 6.45) is 3.15. The summed E-state index contributed by atoms with van der Waals surface area (Å²) >= 11 is 0. The summed E-state index contributed by atoms with van der Waals surface area (Å²) in [6, 6.07) is 5.27. The zero-order valence-corrected chi connectivity index (χ0v) is 8.86. The molecule has 0 aliphatic carbocycles. The number of benzene rings is 1. The molecule has 2 N–H and O–H groups in total. The highest BCUT2D eigenvalue weighted by Gasteiger charge is 2.14. The van der Waals surface area contributed by atoms with Crippen LogP contribution in [0.25, 0.3) is 5.69 Å². The van der Waals surface area contributed by atoms with Crippen LogP contribution in [0.3, 0.4) is 0 Å². The van der Waals surface area contributed by atoms with Crippen molar-refractivity contribution in [1.29, 1.82) is 0 Å². The number of nitrogens with zero attached hydrogens (tertiary/aromatic N) is 2. The van der Waals surface area contributed by atoms with Gasteiger partial charge in [-0.2, -0.15) is 5.10 Å². The van der Waals surface area contributed by atoms with Crippen molar-refractivity contribution in [3.05, 3.63) is 42.5 Å². The molecule has 0 unspecified atom stereocenters. The lowest BCUT2D eigenvalue weighted by Gasteiger charge is -2.04. The van der Waals surface area contributed by atoms with Crippen LogP contribution >= 0.6 is 0 Å². The number of hydrogen-bond acceptors (Lipinski definition) is 3. The van der Waals surface area contributed by atoms with Crippen LogP contribution in [0.2, 0.25) is 0 Å². The third kappa shape index (κ3) is 1.95. The van der Waals surface area contributed by atoms with Crippen molar-refractivity contribution >= 4 is 10.0 Å². The van der Waals surface area contributed by atoms with Gasteiger partial charge in [-0.1, -0.05) is 0 Å². The minimum Gasteiger partial charge on any atom is -0.241 e. The number of nitrogens with two attached hydrogens (primary N) is 1. The number of halogens is 1. The Bertz CT molecular complexity index is 608. The molecule has 2 aromatic rings. The Balaban J connectivity index is 2.53. The van der Waals surface area contributed by atoms with E-state index in [1.807, 2.05) is 0 Å². The van der Waals surface area contributed by atoms with E-state index in [9.17, 15) is 12.8 Å². The van der Waals surface area contributed by atoms with E-state index in [4.69, 9.17) is 5.14 Å². The third-order valence-corrected chi connectivity index (χ3v) is 2.94. The zero-order chi connectivity index (χ0) is 11.8. The third-order valence-electron chi connectivity index (χ3n) is 1.99. The molecule has 0 bridgehead atoms. The second kappa shape index (κ2) is 3.69. The summed E-state index contributed by atoms with van der Waals surface area (Å²) in [7, 11) is -4.02. The van der Waals surface area contributed by atoms with Crippen LogP contribution in [-0.2, 0) is 10.0 Å². The number of primary sulfonamides is 1. The Morgan fingerprint density at radius 2 is 2.12 bits per heavy atom. The molecule has 0 atom stereocenters. The molecule has 84 valence electrons. The summed E-state index contributed by atoms with van der Waals surface area (Å²) in [4.78, 5) is -0.525. The molecule has 1 aromatic heterocycles. The molecule has 2 rings (SSSR count). The van der Waals surface area contributed by atoms with E-state index < -0.39 is 20.7 Å². The monoisotopic (exact) mass is 241 g/mol. The van der Waals surface area contributed by atoms with Gasteiger partial charge in [0, 0.05) is 18.5 Å². The maximum Gasteiger partial charge on any atom is 0.240 e. The van der Waals surface area contributed by atoms with Gasteiger partial charge >= 0.3 is 0 Å². The summed E-state index contributed by atoms with van der Waals surface area (Å²) in [6.45, 7) is 0. The Morgan fingerprint density at radius 3 is 2.62 bits per heavy atom. The van der Waals surface area contributed by atoms with Crippen LogP contribution < -0.4 is 5.14 Å². The number of sulfonamides is 1. The van der Waals surface area contributed by atoms with E-state index in [1.165, 1.54) is 16.9 Å². The minimum absolute atomic E-state index is 0.426. The average Bonchev–Trinajstić information content (AvgIpc) is 2.68. The quantitative estimate of drug-likeness (QED) is 0.838. The van der Waals surface area contributed by atoms with Gasteiger partial charge in [0.05, 0.1) is 5.69 Å². The van der Waals surface area contributed by atoms with Gasteiger partial charge in [-0.15, -0.1) is 0 Å². The minimum atomic E-state index is -4.02. The summed E-state index contributed by atoms with van der Waals surface area (Å²) in [5.41, 5.74) is 0.426. The molecule has 0 saturated heterocycles. The molecule has 0 aliphatic rings. The van der Waals surface area contributed by atoms with Crippen molar-refractivity contribution in [1.82, 2.24) is 9.78 Å². The molecule has 1 aromatic carbocycles. The summed E-state index contributed by atoms with van der Waals surface area (Å²) in [5.74, 6) is -0.893. The van der Waals surface area contributed by atoms with Crippen molar-refractivity contribution in [3.63, 3.8) is 0 Å². The van der Waals surface area contributed by atoms with Gasteiger partial charge in [0.25, 0.3) is 0 Å². The average molecular weight is 241 g/mol. The SMILES string of the molecule is NS(=O)(=O)c1ccc(-n2cccn2)cc1F. The van der Waals surface area contributed by atoms with Crippen molar-refractivity contribution < 1.29 is 12.8 Å². The normalized spacial score (nSPS) is 11.6. The van der Waals surface area contributed by atoms with E-state index >= 15 is 0 Å². The van der Waals surface area contributed by atoms with Crippen LogP contribution in [0.5, 0.6) is 0 Å². The van der Waals surface area contributed by atoms with Gasteiger partial charge in [-0.3, -0.25) is 0 Å². The summed E-state index contributed by atoms with van der Waals surface area (Å²) in [5, 5.41) is 8.72. The van der Waals surface area contributed by atoms with Crippen LogP contribution in [0.4, 0.5) is 4.39 Å². The van der Waals surface area contributed by atoms with Crippen LogP contribution in [0.15, 0.2) is 41.6 Å². The van der Waals surface area contributed by atoms with Gasteiger partial charge in [0.2, 0.25) is 10.0 Å². The Morgan fingerprint density at radius 1 is 1.38 bits per heavy atom. The number of aromatic nitrogens is 2. The summed E-state index contributed by atoms with van der Waals surface area (Å²) < 4.78 is 36.8.